The third-order valence-electron chi connectivity index (χ3n) is 3.63. The molecule has 8 nitrogen and oxygen atoms in total. The summed E-state index contributed by atoms with van der Waals surface area (Å²) in [5.74, 6) is 0.644. The van der Waals surface area contributed by atoms with Crippen LogP contribution in [0.5, 0.6) is 5.75 Å². The zero-order chi connectivity index (χ0) is 20.4. The van der Waals surface area contributed by atoms with Crippen molar-refractivity contribution in [1.29, 1.82) is 0 Å². The topological polar surface area (TPSA) is 79.2 Å². The molecule has 0 amide bonds. The first kappa shape index (κ1) is 22.5. The average molecular weight is 380 g/mol. The van der Waals surface area contributed by atoms with E-state index in [1.165, 1.54) is 11.5 Å². The summed E-state index contributed by atoms with van der Waals surface area (Å²) in [5.41, 5.74) is 1.72. The van der Waals surface area contributed by atoms with E-state index in [1.807, 2.05) is 26.2 Å². The highest BCUT2D eigenvalue weighted by atomic mass is 16.7. The smallest absolute Gasteiger partial charge is 0.421 e. The first-order valence-corrected chi connectivity index (χ1v) is 8.40. The van der Waals surface area contributed by atoms with E-state index >= 15 is 0 Å². The maximum Gasteiger partial charge on any atom is 0.421 e. The van der Waals surface area contributed by atoms with Crippen LogP contribution in [0, 0.1) is 0 Å². The van der Waals surface area contributed by atoms with Gasteiger partial charge in [-0.2, -0.15) is 0 Å². The van der Waals surface area contributed by atoms with Gasteiger partial charge in [-0.15, -0.1) is 0 Å². The van der Waals surface area contributed by atoms with Gasteiger partial charge >= 0.3 is 6.09 Å². The minimum Gasteiger partial charge on any atom is -0.497 e. The SMILES string of the molecule is COC.COc1ccc2c(CCN(C)C)cn(C(=O)OC(C)OC=O)c2c1. The summed E-state index contributed by atoms with van der Waals surface area (Å²) in [6.07, 6.45) is 0.974. The molecule has 0 aliphatic rings. The van der Waals surface area contributed by atoms with E-state index in [0.29, 0.717) is 11.3 Å². The van der Waals surface area contributed by atoms with E-state index in [2.05, 4.69) is 14.4 Å². The van der Waals surface area contributed by atoms with Gasteiger partial charge in [-0.1, -0.05) is 0 Å². The molecule has 1 aromatic carbocycles. The standard InChI is InChI=1S/C17H22N2O5.C2H6O/c1-12(23-11-20)24-17(21)19-10-13(7-8-18(2)3)15-6-5-14(22-4)9-16(15)19;1-3-2/h5-6,9-12H,7-8H2,1-4H3;1-2H3. The summed E-state index contributed by atoms with van der Waals surface area (Å²) in [4.78, 5) is 24.8. The number of hydrogen-bond donors (Lipinski definition) is 0. The Morgan fingerprint density at radius 2 is 1.93 bits per heavy atom. The van der Waals surface area contributed by atoms with Crippen LogP contribution in [0.2, 0.25) is 0 Å². The molecular formula is C19H28N2O6. The number of ether oxygens (including phenoxy) is 4. The van der Waals surface area contributed by atoms with Crippen molar-refractivity contribution in [3.05, 3.63) is 30.0 Å². The highest BCUT2D eigenvalue weighted by molar-refractivity contribution is 5.92. The van der Waals surface area contributed by atoms with Gasteiger partial charge in [-0.25, -0.2) is 4.79 Å². The summed E-state index contributed by atoms with van der Waals surface area (Å²) in [6, 6.07) is 5.56. The van der Waals surface area contributed by atoms with Gasteiger partial charge in [0, 0.05) is 45.3 Å². The van der Waals surface area contributed by atoms with Gasteiger partial charge in [0.15, 0.2) is 0 Å². The van der Waals surface area contributed by atoms with Crippen LogP contribution in [0.15, 0.2) is 24.4 Å². The lowest BCUT2D eigenvalue weighted by Gasteiger charge is -2.11. The van der Waals surface area contributed by atoms with Gasteiger partial charge in [-0.3, -0.25) is 9.36 Å². The predicted molar refractivity (Wildman–Crippen MR) is 102 cm³/mol. The number of methoxy groups -OCH3 is 2. The molecule has 0 bridgehead atoms. The molecule has 0 aliphatic heterocycles. The van der Waals surface area contributed by atoms with Crippen molar-refractivity contribution < 1.29 is 28.5 Å². The van der Waals surface area contributed by atoms with Gasteiger partial charge in [0.1, 0.15) is 5.75 Å². The van der Waals surface area contributed by atoms with E-state index in [-0.39, 0.29) is 6.47 Å². The molecule has 2 aromatic rings. The summed E-state index contributed by atoms with van der Waals surface area (Å²) >= 11 is 0. The Labute approximate surface area is 159 Å². The fourth-order valence-electron chi connectivity index (χ4n) is 2.40. The lowest BCUT2D eigenvalue weighted by atomic mass is 10.1. The summed E-state index contributed by atoms with van der Waals surface area (Å²) in [5, 5.41) is 0.957. The van der Waals surface area contributed by atoms with Crippen molar-refractivity contribution in [3.63, 3.8) is 0 Å². The quantitative estimate of drug-likeness (QED) is 0.539. The molecule has 1 aromatic heterocycles. The molecule has 1 heterocycles. The second-order valence-corrected chi connectivity index (χ2v) is 6.05. The molecule has 1 unspecified atom stereocenters. The molecule has 0 aliphatic carbocycles. The number of fused-ring (bicyclic) bond motifs is 1. The number of rotatable bonds is 7. The van der Waals surface area contributed by atoms with Crippen LogP contribution in [0.4, 0.5) is 4.79 Å². The number of carbonyl (C=O) groups is 2. The number of carbonyl (C=O) groups excluding carboxylic acids is 2. The molecule has 1 atom stereocenters. The van der Waals surface area contributed by atoms with Crippen LogP contribution < -0.4 is 4.74 Å². The number of likely N-dealkylation sites (N-methyl/N-ethyl adjacent to an activating group) is 1. The van der Waals surface area contributed by atoms with Crippen molar-refractivity contribution in [1.82, 2.24) is 9.47 Å². The Morgan fingerprint density at radius 1 is 1.26 bits per heavy atom. The number of benzene rings is 1. The number of hydrogen-bond acceptors (Lipinski definition) is 7. The molecule has 0 radical (unpaired) electrons. The molecule has 0 spiro atoms. The molecule has 8 heteroatoms. The molecule has 0 saturated carbocycles. The van der Waals surface area contributed by atoms with E-state index in [1.54, 1.807) is 33.6 Å². The van der Waals surface area contributed by atoms with Crippen molar-refractivity contribution in [2.75, 3.05) is 42.0 Å². The van der Waals surface area contributed by atoms with E-state index in [9.17, 15) is 9.59 Å². The maximum absolute atomic E-state index is 12.4. The minimum absolute atomic E-state index is 0.247. The molecule has 0 fully saturated rings. The normalized spacial score (nSPS) is 11.5. The van der Waals surface area contributed by atoms with Crippen LogP contribution in [0.25, 0.3) is 10.9 Å². The summed E-state index contributed by atoms with van der Waals surface area (Å²) in [6.45, 7) is 2.58. The van der Waals surface area contributed by atoms with Gasteiger partial charge in [0.05, 0.1) is 12.6 Å². The second kappa shape index (κ2) is 11.2. The Bertz CT molecular complexity index is 741. The third kappa shape index (κ3) is 6.58. The van der Waals surface area contributed by atoms with E-state index in [0.717, 1.165) is 23.9 Å². The van der Waals surface area contributed by atoms with Crippen molar-refractivity contribution in [2.24, 2.45) is 0 Å². The predicted octanol–water partition coefficient (Wildman–Crippen LogP) is 2.52. The second-order valence-electron chi connectivity index (χ2n) is 6.05. The average Bonchev–Trinajstić information content (AvgIpc) is 2.98. The third-order valence-corrected chi connectivity index (χ3v) is 3.63. The van der Waals surface area contributed by atoms with E-state index in [4.69, 9.17) is 9.47 Å². The largest absolute Gasteiger partial charge is 0.497 e. The van der Waals surface area contributed by atoms with Gasteiger partial charge in [0.2, 0.25) is 6.29 Å². The molecule has 150 valence electrons. The Morgan fingerprint density at radius 3 is 2.48 bits per heavy atom. The first-order chi connectivity index (χ1) is 12.9. The molecule has 0 N–H and O–H groups in total. The Balaban J connectivity index is 0.00000114. The van der Waals surface area contributed by atoms with Crippen molar-refractivity contribution in [3.8, 4) is 5.75 Å². The van der Waals surface area contributed by atoms with Crippen molar-refractivity contribution >= 4 is 23.5 Å². The summed E-state index contributed by atoms with van der Waals surface area (Å²) in [7, 11) is 8.81. The van der Waals surface area contributed by atoms with Crippen molar-refractivity contribution in [2.45, 2.75) is 19.6 Å². The van der Waals surface area contributed by atoms with Gasteiger partial charge in [0.25, 0.3) is 6.47 Å². The molecule has 0 saturated heterocycles. The fourth-order valence-corrected chi connectivity index (χ4v) is 2.40. The molecule has 27 heavy (non-hydrogen) atoms. The zero-order valence-electron chi connectivity index (χ0n) is 16.7. The number of nitrogens with zero attached hydrogens (tertiary/aromatic N) is 2. The number of aromatic nitrogens is 1. The van der Waals surface area contributed by atoms with Crippen LogP contribution in [0.1, 0.15) is 12.5 Å². The van der Waals surface area contributed by atoms with Gasteiger partial charge < -0.3 is 23.8 Å². The van der Waals surface area contributed by atoms with Crippen LogP contribution >= 0.6 is 0 Å². The monoisotopic (exact) mass is 380 g/mol. The van der Waals surface area contributed by atoms with E-state index < -0.39 is 12.4 Å². The molecule has 2 rings (SSSR count). The summed E-state index contributed by atoms with van der Waals surface area (Å²) < 4.78 is 20.6. The first-order valence-electron chi connectivity index (χ1n) is 8.40. The lowest BCUT2D eigenvalue weighted by Crippen LogP contribution is -2.21. The fraction of sp³-hybridized carbons (Fsp3) is 0.474. The van der Waals surface area contributed by atoms with Crippen LogP contribution in [-0.2, 0) is 25.4 Å². The maximum atomic E-state index is 12.4. The minimum atomic E-state index is -0.955. The van der Waals surface area contributed by atoms with Gasteiger partial charge in [-0.05, 0) is 38.2 Å². The lowest BCUT2D eigenvalue weighted by molar-refractivity contribution is -0.148. The van der Waals surface area contributed by atoms with Crippen LogP contribution in [0.3, 0.4) is 0 Å². The zero-order valence-corrected chi connectivity index (χ0v) is 16.7. The highest BCUT2D eigenvalue weighted by Crippen LogP contribution is 2.26. The Hall–Kier alpha value is -2.58. The van der Waals surface area contributed by atoms with Crippen LogP contribution in [-0.4, -0.2) is 70.3 Å². The Kier molecular flexibility index (Phi) is 9.32. The molecular weight excluding hydrogens is 352 g/mol. The highest BCUT2D eigenvalue weighted by Gasteiger charge is 2.18.